The molecule has 2 saturated heterocycles. The van der Waals surface area contributed by atoms with Crippen LogP contribution in [0.5, 0.6) is 0 Å². The first kappa shape index (κ1) is 16.6. The normalized spacial score (nSPS) is 33.8. The summed E-state index contributed by atoms with van der Waals surface area (Å²) in [4.78, 5) is 26.4. The molecule has 4 rings (SSSR count). The Morgan fingerprint density at radius 1 is 1.32 bits per heavy atom. The number of carbonyl (C=O) groups is 2. The molecule has 0 aromatic carbocycles. The fourth-order valence-electron chi connectivity index (χ4n) is 4.22. The van der Waals surface area contributed by atoms with E-state index in [0.29, 0.717) is 37.5 Å². The Morgan fingerprint density at radius 3 is 2.76 bits per heavy atom. The van der Waals surface area contributed by atoms with Gasteiger partial charge in [0.15, 0.2) is 0 Å². The molecule has 0 radical (unpaired) electrons. The zero-order chi connectivity index (χ0) is 17.6. The quantitative estimate of drug-likeness (QED) is 0.812. The number of nitrogens with one attached hydrogen (secondary N) is 1. The summed E-state index contributed by atoms with van der Waals surface area (Å²) in [5.41, 5.74) is 0.637. The Labute approximate surface area is 146 Å². The Kier molecular flexibility index (Phi) is 4.29. The molecule has 1 aromatic heterocycles. The number of hydrogen-bond acceptors (Lipinski definition) is 4. The van der Waals surface area contributed by atoms with Crippen LogP contribution in [0.15, 0.2) is 18.3 Å². The number of ether oxygens (including phenoxy) is 1. The van der Waals surface area contributed by atoms with E-state index in [1.807, 2.05) is 24.2 Å². The molecule has 3 aliphatic rings. The summed E-state index contributed by atoms with van der Waals surface area (Å²) in [6.45, 7) is 1.87. The first-order valence-electron chi connectivity index (χ1n) is 9.03. The van der Waals surface area contributed by atoms with E-state index in [1.54, 1.807) is 10.6 Å². The van der Waals surface area contributed by atoms with E-state index in [1.165, 1.54) is 0 Å². The number of likely N-dealkylation sites (tertiary alicyclic amines) is 1. The number of aliphatic hydroxyl groups is 1. The minimum atomic E-state index is -0.301. The van der Waals surface area contributed by atoms with E-state index in [0.717, 1.165) is 13.0 Å². The largest absolute Gasteiger partial charge is 0.393 e. The monoisotopic (exact) mass is 347 g/mol. The predicted molar refractivity (Wildman–Crippen MR) is 89.8 cm³/mol. The second kappa shape index (κ2) is 6.46. The van der Waals surface area contributed by atoms with Crippen molar-refractivity contribution in [3.63, 3.8) is 0 Å². The van der Waals surface area contributed by atoms with Gasteiger partial charge in [0.25, 0.3) is 5.91 Å². The number of rotatable bonds is 4. The SMILES string of the molecule is Cn1cccc1C(=O)NC[C@H]1C[C@@H]2CN(C(=O)C3CC(O)C3)C[C@@H]2O1. The van der Waals surface area contributed by atoms with Gasteiger partial charge in [-0.05, 0) is 31.4 Å². The summed E-state index contributed by atoms with van der Waals surface area (Å²) in [7, 11) is 1.85. The highest BCUT2D eigenvalue weighted by Crippen LogP contribution is 2.36. The number of aromatic nitrogens is 1. The lowest BCUT2D eigenvalue weighted by Gasteiger charge is -2.33. The van der Waals surface area contributed by atoms with Gasteiger partial charge in [0, 0.05) is 44.7 Å². The van der Waals surface area contributed by atoms with Crippen molar-refractivity contribution in [2.75, 3.05) is 19.6 Å². The fraction of sp³-hybridized carbons (Fsp3) is 0.667. The minimum absolute atomic E-state index is 0.00537. The highest BCUT2D eigenvalue weighted by atomic mass is 16.5. The van der Waals surface area contributed by atoms with Crippen molar-refractivity contribution in [3.8, 4) is 0 Å². The molecule has 2 aliphatic heterocycles. The maximum Gasteiger partial charge on any atom is 0.267 e. The van der Waals surface area contributed by atoms with E-state index in [2.05, 4.69) is 5.32 Å². The van der Waals surface area contributed by atoms with Gasteiger partial charge in [0.2, 0.25) is 5.91 Å². The Hall–Kier alpha value is -1.86. The number of nitrogens with zero attached hydrogens (tertiary/aromatic N) is 2. The first-order valence-corrected chi connectivity index (χ1v) is 9.03. The molecule has 7 nitrogen and oxygen atoms in total. The molecular formula is C18H25N3O4. The molecular weight excluding hydrogens is 322 g/mol. The Morgan fingerprint density at radius 2 is 2.12 bits per heavy atom. The maximum atomic E-state index is 12.4. The number of aliphatic hydroxyl groups excluding tert-OH is 1. The summed E-state index contributed by atoms with van der Waals surface area (Å²) in [5.74, 6) is 0.422. The van der Waals surface area contributed by atoms with Gasteiger partial charge >= 0.3 is 0 Å². The molecule has 0 bridgehead atoms. The van der Waals surface area contributed by atoms with Gasteiger partial charge in [0.05, 0.1) is 18.3 Å². The molecule has 3 atom stereocenters. The summed E-state index contributed by atoms with van der Waals surface area (Å²) >= 11 is 0. The van der Waals surface area contributed by atoms with E-state index < -0.39 is 0 Å². The summed E-state index contributed by atoms with van der Waals surface area (Å²) in [6, 6.07) is 3.64. The van der Waals surface area contributed by atoms with Gasteiger partial charge in [-0.25, -0.2) is 0 Å². The number of amides is 2. The molecule has 7 heteroatoms. The predicted octanol–water partition coefficient (Wildman–Crippen LogP) is 0.142. The molecule has 136 valence electrons. The van der Waals surface area contributed by atoms with E-state index in [-0.39, 0.29) is 36.0 Å². The minimum Gasteiger partial charge on any atom is -0.393 e. The highest BCUT2D eigenvalue weighted by Gasteiger charge is 2.46. The van der Waals surface area contributed by atoms with Crippen LogP contribution in [0.2, 0.25) is 0 Å². The van der Waals surface area contributed by atoms with Crippen molar-refractivity contribution >= 4 is 11.8 Å². The summed E-state index contributed by atoms with van der Waals surface area (Å²) in [6.07, 6.45) is 3.70. The molecule has 0 spiro atoms. The number of fused-ring (bicyclic) bond motifs is 1. The van der Waals surface area contributed by atoms with Gasteiger partial charge in [-0.2, -0.15) is 0 Å². The summed E-state index contributed by atoms with van der Waals surface area (Å²) in [5, 5.41) is 12.3. The fourth-order valence-corrected chi connectivity index (χ4v) is 4.22. The molecule has 1 aromatic rings. The van der Waals surface area contributed by atoms with Crippen molar-refractivity contribution in [3.05, 3.63) is 24.0 Å². The molecule has 3 fully saturated rings. The van der Waals surface area contributed by atoms with Crippen LogP contribution < -0.4 is 5.32 Å². The number of aryl methyl sites for hydroxylation is 1. The molecule has 1 aliphatic carbocycles. The van der Waals surface area contributed by atoms with E-state index in [9.17, 15) is 14.7 Å². The van der Waals surface area contributed by atoms with Crippen molar-refractivity contribution in [1.29, 1.82) is 0 Å². The number of hydrogen-bond donors (Lipinski definition) is 2. The standard InChI is InChI=1S/C18H25N3O4/c1-20-4-2-3-15(20)17(23)19-8-14-7-12-9-21(10-16(12)25-14)18(24)11-5-13(22)6-11/h2-4,11-14,16,22H,5-10H2,1H3,(H,19,23)/t11?,12-,13?,14-,16+/m1/s1. The number of carbonyl (C=O) groups excluding carboxylic acids is 2. The summed E-state index contributed by atoms with van der Waals surface area (Å²) < 4.78 is 7.84. The first-order chi connectivity index (χ1) is 12.0. The lowest BCUT2D eigenvalue weighted by Crippen LogP contribution is -2.43. The van der Waals surface area contributed by atoms with Gasteiger partial charge in [-0.15, -0.1) is 0 Å². The lowest BCUT2D eigenvalue weighted by molar-refractivity contribution is -0.142. The molecule has 2 N–H and O–H groups in total. The Bertz CT molecular complexity index is 653. The molecule has 0 unspecified atom stereocenters. The van der Waals surface area contributed by atoms with Crippen molar-refractivity contribution in [2.24, 2.45) is 18.9 Å². The smallest absolute Gasteiger partial charge is 0.267 e. The molecule has 3 heterocycles. The van der Waals surface area contributed by atoms with Gasteiger partial charge < -0.3 is 24.6 Å². The van der Waals surface area contributed by atoms with Crippen LogP contribution in [0, 0.1) is 11.8 Å². The van der Waals surface area contributed by atoms with Crippen LogP contribution in [0.25, 0.3) is 0 Å². The average Bonchev–Trinajstić information content (AvgIpc) is 3.23. The van der Waals surface area contributed by atoms with Crippen molar-refractivity contribution in [1.82, 2.24) is 14.8 Å². The third-order valence-corrected chi connectivity index (χ3v) is 5.75. The third-order valence-electron chi connectivity index (χ3n) is 5.75. The molecule has 25 heavy (non-hydrogen) atoms. The van der Waals surface area contributed by atoms with E-state index in [4.69, 9.17) is 4.74 Å². The average molecular weight is 347 g/mol. The maximum absolute atomic E-state index is 12.4. The van der Waals surface area contributed by atoms with Crippen LogP contribution in [0.3, 0.4) is 0 Å². The van der Waals surface area contributed by atoms with Crippen LogP contribution in [0.4, 0.5) is 0 Å². The molecule has 1 saturated carbocycles. The van der Waals surface area contributed by atoms with Crippen LogP contribution in [-0.2, 0) is 16.6 Å². The van der Waals surface area contributed by atoms with Crippen LogP contribution >= 0.6 is 0 Å². The second-order valence-corrected chi connectivity index (χ2v) is 7.57. The Balaban J connectivity index is 1.23. The van der Waals surface area contributed by atoms with Gasteiger partial charge in [-0.1, -0.05) is 0 Å². The highest BCUT2D eigenvalue weighted by molar-refractivity contribution is 5.92. The lowest BCUT2D eigenvalue weighted by atomic mass is 9.81. The zero-order valence-electron chi connectivity index (χ0n) is 14.4. The topological polar surface area (TPSA) is 83.8 Å². The van der Waals surface area contributed by atoms with E-state index >= 15 is 0 Å². The van der Waals surface area contributed by atoms with Crippen molar-refractivity contribution < 1.29 is 19.4 Å². The second-order valence-electron chi connectivity index (χ2n) is 7.57. The van der Waals surface area contributed by atoms with Crippen LogP contribution in [0.1, 0.15) is 29.8 Å². The van der Waals surface area contributed by atoms with Gasteiger partial charge in [-0.3, -0.25) is 9.59 Å². The van der Waals surface area contributed by atoms with Gasteiger partial charge in [0.1, 0.15) is 5.69 Å². The zero-order valence-corrected chi connectivity index (χ0v) is 14.4. The third kappa shape index (κ3) is 3.18. The molecule has 2 amide bonds. The van der Waals surface area contributed by atoms with Crippen molar-refractivity contribution in [2.45, 2.75) is 37.6 Å². The van der Waals surface area contributed by atoms with Crippen LogP contribution in [-0.4, -0.2) is 64.3 Å².